The number of aryl methyl sites for hydroxylation is 1. The molecule has 0 radical (unpaired) electrons. The zero-order chi connectivity index (χ0) is 13.7. The fraction of sp³-hybridized carbons (Fsp3) is 0.500. The van der Waals surface area contributed by atoms with E-state index in [0.717, 1.165) is 0 Å². The molecule has 0 aromatic heterocycles. The second-order valence-corrected chi connectivity index (χ2v) is 4.26. The second kappa shape index (κ2) is 6.44. The van der Waals surface area contributed by atoms with Crippen molar-refractivity contribution >= 4 is 5.69 Å². The van der Waals surface area contributed by atoms with E-state index in [-0.39, 0.29) is 5.69 Å². The Morgan fingerprint density at radius 3 is 2.61 bits per heavy atom. The van der Waals surface area contributed by atoms with Gasteiger partial charge >= 0.3 is 0 Å². The van der Waals surface area contributed by atoms with E-state index in [1.54, 1.807) is 20.0 Å². The molecule has 0 bridgehead atoms. The molecule has 0 saturated heterocycles. The van der Waals surface area contributed by atoms with Crippen molar-refractivity contribution < 1.29 is 15.1 Å². The number of rotatable bonds is 6. The SMILES string of the molecule is CNCCC(O)C(O)c1cc(C)cc([N+](=O)[O-])c1. The summed E-state index contributed by atoms with van der Waals surface area (Å²) in [6.07, 6.45) is -1.69. The second-order valence-electron chi connectivity index (χ2n) is 4.26. The van der Waals surface area contributed by atoms with Crippen LogP contribution in [0.1, 0.15) is 23.7 Å². The third-order valence-electron chi connectivity index (χ3n) is 2.69. The monoisotopic (exact) mass is 254 g/mol. The molecule has 2 atom stereocenters. The first-order valence-corrected chi connectivity index (χ1v) is 5.72. The zero-order valence-corrected chi connectivity index (χ0v) is 10.5. The zero-order valence-electron chi connectivity index (χ0n) is 10.5. The van der Waals surface area contributed by atoms with Crippen LogP contribution in [0.15, 0.2) is 18.2 Å². The minimum atomic E-state index is -1.11. The van der Waals surface area contributed by atoms with Crippen molar-refractivity contribution in [2.45, 2.75) is 25.6 Å². The normalized spacial score (nSPS) is 14.2. The fourth-order valence-electron chi connectivity index (χ4n) is 1.74. The molecule has 1 rings (SSSR count). The first-order valence-electron chi connectivity index (χ1n) is 5.72. The number of benzene rings is 1. The summed E-state index contributed by atoms with van der Waals surface area (Å²) in [7, 11) is 1.75. The molecule has 6 nitrogen and oxygen atoms in total. The molecule has 0 saturated carbocycles. The minimum absolute atomic E-state index is 0.0788. The van der Waals surface area contributed by atoms with Crippen LogP contribution in [0, 0.1) is 17.0 Å². The molecule has 1 aromatic carbocycles. The fourth-order valence-corrected chi connectivity index (χ4v) is 1.74. The molecule has 3 N–H and O–H groups in total. The summed E-state index contributed by atoms with van der Waals surface area (Å²) in [5.41, 5.74) is 0.967. The lowest BCUT2D eigenvalue weighted by molar-refractivity contribution is -0.385. The summed E-state index contributed by atoms with van der Waals surface area (Å²) in [6.45, 7) is 2.27. The Hall–Kier alpha value is -1.50. The van der Waals surface area contributed by atoms with Gasteiger partial charge in [0.2, 0.25) is 0 Å². The Labute approximate surface area is 105 Å². The maximum absolute atomic E-state index is 10.7. The summed E-state index contributed by atoms with van der Waals surface area (Å²) in [4.78, 5) is 10.2. The largest absolute Gasteiger partial charge is 0.390 e. The molecular weight excluding hydrogens is 236 g/mol. The molecule has 0 aliphatic rings. The van der Waals surface area contributed by atoms with Gasteiger partial charge in [-0.15, -0.1) is 0 Å². The van der Waals surface area contributed by atoms with Crippen molar-refractivity contribution in [1.29, 1.82) is 0 Å². The van der Waals surface area contributed by atoms with Gasteiger partial charge in [0.05, 0.1) is 11.0 Å². The number of hydrogen-bond acceptors (Lipinski definition) is 5. The predicted octanol–water partition coefficient (Wildman–Crippen LogP) is 0.907. The van der Waals surface area contributed by atoms with Crippen LogP contribution in [-0.2, 0) is 0 Å². The highest BCUT2D eigenvalue weighted by molar-refractivity contribution is 5.40. The van der Waals surface area contributed by atoms with Crippen LogP contribution in [0.4, 0.5) is 5.69 Å². The molecule has 2 unspecified atom stereocenters. The number of aliphatic hydroxyl groups excluding tert-OH is 2. The lowest BCUT2D eigenvalue weighted by atomic mass is 9.99. The van der Waals surface area contributed by atoms with Crippen molar-refractivity contribution in [3.8, 4) is 0 Å². The predicted molar refractivity (Wildman–Crippen MR) is 67.3 cm³/mol. The Morgan fingerprint density at radius 2 is 2.06 bits per heavy atom. The Balaban J connectivity index is 2.91. The van der Waals surface area contributed by atoms with Gasteiger partial charge in [-0.3, -0.25) is 10.1 Å². The number of hydrogen-bond donors (Lipinski definition) is 3. The van der Waals surface area contributed by atoms with Crippen LogP contribution in [0.25, 0.3) is 0 Å². The Bertz CT molecular complexity index is 423. The molecule has 0 aliphatic heterocycles. The third-order valence-corrected chi connectivity index (χ3v) is 2.69. The smallest absolute Gasteiger partial charge is 0.270 e. The van der Waals surface area contributed by atoms with Gasteiger partial charge in [0.25, 0.3) is 5.69 Å². The molecule has 1 aromatic rings. The van der Waals surface area contributed by atoms with E-state index in [0.29, 0.717) is 24.1 Å². The molecule has 0 heterocycles. The van der Waals surface area contributed by atoms with Crippen LogP contribution < -0.4 is 5.32 Å². The topological polar surface area (TPSA) is 95.6 Å². The van der Waals surface area contributed by atoms with E-state index in [9.17, 15) is 20.3 Å². The van der Waals surface area contributed by atoms with Gasteiger partial charge in [-0.25, -0.2) is 0 Å². The summed E-state index contributed by atoms with van der Waals surface area (Å²) < 4.78 is 0. The summed E-state index contributed by atoms with van der Waals surface area (Å²) in [5, 5.41) is 33.3. The molecule has 100 valence electrons. The van der Waals surface area contributed by atoms with Gasteiger partial charge in [-0.1, -0.05) is 6.07 Å². The number of aliphatic hydroxyl groups is 2. The number of nitrogens with zero attached hydrogens (tertiary/aromatic N) is 1. The molecule has 0 spiro atoms. The maximum atomic E-state index is 10.7. The van der Waals surface area contributed by atoms with Crippen LogP contribution in [-0.4, -0.2) is 34.8 Å². The maximum Gasteiger partial charge on any atom is 0.270 e. The minimum Gasteiger partial charge on any atom is -0.390 e. The highest BCUT2D eigenvalue weighted by atomic mass is 16.6. The van der Waals surface area contributed by atoms with E-state index in [1.165, 1.54) is 12.1 Å². The lowest BCUT2D eigenvalue weighted by Gasteiger charge is -2.18. The van der Waals surface area contributed by atoms with Crippen LogP contribution in [0.5, 0.6) is 0 Å². The standard InChI is InChI=1S/C12H18N2O4/c1-8-5-9(7-10(6-8)14(17)18)12(16)11(15)3-4-13-2/h5-7,11-13,15-16H,3-4H2,1-2H3. The van der Waals surface area contributed by atoms with Crippen molar-refractivity contribution in [3.63, 3.8) is 0 Å². The first-order chi connectivity index (χ1) is 8.45. The average Bonchev–Trinajstić information content (AvgIpc) is 2.34. The van der Waals surface area contributed by atoms with E-state index >= 15 is 0 Å². The summed E-state index contributed by atoms with van der Waals surface area (Å²) in [6, 6.07) is 4.36. The van der Waals surface area contributed by atoms with Crippen LogP contribution in [0.2, 0.25) is 0 Å². The van der Waals surface area contributed by atoms with Gasteiger partial charge in [0, 0.05) is 12.1 Å². The molecule has 0 amide bonds. The van der Waals surface area contributed by atoms with Crippen molar-refractivity contribution in [2.75, 3.05) is 13.6 Å². The van der Waals surface area contributed by atoms with Gasteiger partial charge in [0.15, 0.2) is 0 Å². The van der Waals surface area contributed by atoms with Gasteiger partial charge in [-0.2, -0.15) is 0 Å². The molecule has 0 aliphatic carbocycles. The first kappa shape index (κ1) is 14.6. The highest BCUT2D eigenvalue weighted by Crippen LogP contribution is 2.24. The lowest BCUT2D eigenvalue weighted by Crippen LogP contribution is -2.23. The molecule has 18 heavy (non-hydrogen) atoms. The molecular formula is C12H18N2O4. The number of nitro groups is 1. The number of nitro benzene ring substituents is 1. The highest BCUT2D eigenvalue weighted by Gasteiger charge is 2.20. The summed E-state index contributed by atoms with van der Waals surface area (Å²) in [5.74, 6) is 0. The third kappa shape index (κ3) is 3.76. The van der Waals surface area contributed by atoms with Crippen LogP contribution >= 0.6 is 0 Å². The van der Waals surface area contributed by atoms with Gasteiger partial charge < -0.3 is 15.5 Å². The molecule has 6 heteroatoms. The van der Waals surface area contributed by atoms with Crippen molar-refractivity contribution in [3.05, 3.63) is 39.4 Å². The number of non-ortho nitro benzene ring substituents is 1. The average molecular weight is 254 g/mol. The van der Waals surface area contributed by atoms with E-state index in [2.05, 4.69) is 5.32 Å². The van der Waals surface area contributed by atoms with Gasteiger partial charge in [-0.05, 0) is 38.1 Å². The Morgan fingerprint density at radius 1 is 1.39 bits per heavy atom. The molecule has 0 fully saturated rings. The summed E-state index contributed by atoms with van der Waals surface area (Å²) >= 11 is 0. The van der Waals surface area contributed by atoms with Crippen molar-refractivity contribution in [2.24, 2.45) is 0 Å². The van der Waals surface area contributed by atoms with E-state index < -0.39 is 17.1 Å². The van der Waals surface area contributed by atoms with Crippen LogP contribution in [0.3, 0.4) is 0 Å². The van der Waals surface area contributed by atoms with Crippen molar-refractivity contribution in [1.82, 2.24) is 5.32 Å². The quantitative estimate of drug-likeness (QED) is 0.518. The number of nitrogens with one attached hydrogen (secondary N) is 1. The van der Waals surface area contributed by atoms with Gasteiger partial charge in [0.1, 0.15) is 6.10 Å². The van der Waals surface area contributed by atoms with E-state index in [4.69, 9.17) is 0 Å². The Kier molecular flexibility index (Phi) is 5.21. The van der Waals surface area contributed by atoms with E-state index in [1.807, 2.05) is 0 Å².